The molecule has 0 amide bonds. The summed E-state index contributed by atoms with van der Waals surface area (Å²) in [5.74, 6) is 1.35. The Labute approximate surface area is 181 Å². The molecule has 0 bridgehead atoms. The minimum Gasteiger partial charge on any atom is -0.489 e. The summed E-state index contributed by atoms with van der Waals surface area (Å²) in [5.41, 5.74) is 8.18. The normalized spacial score (nSPS) is 10.9. The van der Waals surface area contributed by atoms with Gasteiger partial charge in [0.25, 0.3) is 0 Å². The van der Waals surface area contributed by atoms with Gasteiger partial charge in [-0.05, 0) is 41.1 Å². The number of rotatable bonds is 8. The van der Waals surface area contributed by atoms with E-state index in [1.807, 2.05) is 36.4 Å². The van der Waals surface area contributed by atoms with Crippen molar-refractivity contribution >= 4 is 41.3 Å². The molecule has 0 fully saturated rings. The number of para-hydroxylation sites is 1. The van der Waals surface area contributed by atoms with Gasteiger partial charge in [-0.2, -0.15) is 0 Å². The zero-order valence-electron chi connectivity index (χ0n) is 15.0. The summed E-state index contributed by atoms with van der Waals surface area (Å²) in [6.45, 7) is 1.88. The Balaban J connectivity index is 0.00000261. The molecule has 2 aromatic carbocycles. The number of ether oxygens (including phenoxy) is 1. The number of aliphatic imine (C=N–C) groups is 1. The second-order valence-electron chi connectivity index (χ2n) is 5.88. The predicted octanol–water partition coefficient (Wildman–Crippen LogP) is 4.59. The number of halogens is 1. The topological polar surface area (TPSA) is 59.6 Å². The number of benzene rings is 2. The van der Waals surface area contributed by atoms with Gasteiger partial charge in [0, 0.05) is 11.4 Å². The number of thiophene rings is 1. The van der Waals surface area contributed by atoms with E-state index in [4.69, 9.17) is 10.5 Å². The van der Waals surface area contributed by atoms with Crippen molar-refractivity contribution in [1.29, 1.82) is 0 Å². The van der Waals surface area contributed by atoms with Crippen LogP contribution in [0.15, 0.2) is 77.1 Å². The van der Waals surface area contributed by atoms with Crippen LogP contribution in [-0.2, 0) is 19.6 Å². The zero-order chi connectivity index (χ0) is 18.0. The Morgan fingerprint density at radius 1 is 1.00 bits per heavy atom. The molecule has 3 rings (SSSR count). The van der Waals surface area contributed by atoms with Crippen molar-refractivity contribution in [3.8, 4) is 5.75 Å². The largest absolute Gasteiger partial charge is 0.489 e. The smallest absolute Gasteiger partial charge is 0.188 e. The first kappa shape index (κ1) is 21.2. The third-order valence-electron chi connectivity index (χ3n) is 3.83. The van der Waals surface area contributed by atoms with Crippen LogP contribution < -0.4 is 15.8 Å². The first-order valence-corrected chi connectivity index (χ1v) is 9.49. The van der Waals surface area contributed by atoms with Gasteiger partial charge in [-0.15, -0.1) is 35.3 Å². The lowest BCUT2D eigenvalue weighted by atomic mass is 10.1. The number of nitrogens with zero attached hydrogens (tertiary/aromatic N) is 1. The van der Waals surface area contributed by atoms with Crippen LogP contribution >= 0.6 is 35.3 Å². The summed E-state index contributed by atoms with van der Waals surface area (Å²) < 4.78 is 5.79. The number of guanidine groups is 1. The molecular formula is C21H24IN3OS. The van der Waals surface area contributed by atoms with E-state index in [2.05, 4.69) is 46.0 Å². The number of nitrogens with one attached hydrogen (secondary N) is 1. The van der Waals surface area contributed by atoms with E-state index in [1.165, 1.54) is 4.88 Å². The van der Waals surface area contributed by atoms with Gasteiger partial charge < -0.3 is 15.8 Å². The van der Waals surface area contributed by atoms with E-state index in [0.29, 0.717) is 19.1 Å². The summed E-state index contributed by atoms with van der Waals surface area (Å²) in [4.78, 5) is 5.76. The van der Waals surface area contributed by atoms with Crippen LogP contribution in [0.25, 0.3) is 0 Å². The van der Waals surface area contributed by atoms with Crippen molar-refractivity contribution in [3.05, 3.63) is 88.1 Å². The molecule has 0 aliphatic carbocycles. The lowest BCUT2D eigenvalue weighted by Gasteiger charge is -2.08. The zero-order valence-corrected chi connectivity index (χ0v) is 18.2. The van der Waals surface area contributed by atoms with Gasteiger partial charge >= 0.3 is 0 Å². The van der Waals surface area contributed by atoms with Gasteiger partial charge in [-0.25, -0.2) is 4.99 Å². The average Bonchev–Trinajstić information content (AvgIpc) is 3.19. The van der Waals surface area contributed by atoms with Crippen LogP contribution in [0.4, 0.5) is 0 Å². The van der Waals surface area contributed by atoms with Gasteiger partial charge in [0.05, 0.1) is 6.54 Å². The summed E-state index contributed by atoms with van der Waals surface area (Å²) in [7, 11) is 0. The number of hydrogen-bond donors (Lipinski definition) is 2. The van der Waals surface area contributed by atoms with Crippen LogP contribution in [0.3, 0.4) is 0 Å². The van der Waals surface area contributed by atoms with E-state index in [1.54, 1.807) is 11.3 Å². The summed E-state index contributed by atoms with van der Waals surface area (Å²) in [6.07, 6.45) is 0.959. The molecule has 0 aliphatic rings. The summed E-state index contributed by atoms with van der Waals surface area (Å²) >= 11 is 1.76. The van der Waals surface area contributed by atoms with Crippen molar-refractivity contribution in [2.75, 3.05) is 6.54 Å². The molecule has 0 aliphatic heterocycles. The Kier molecular flexibility index (Phi) is 9.13. The van der Waals surface area contributed by atoms with Crippen LogP contribution in [-0.4, -0.2) is 12.5 Å². The molecule has 0 unspecified atom stereocenters. The number of hydrogen-bond acceptors (Lipinski definition) is 3. The van der Waals surface area contributed by atoms with Crippen LogP contribution in [0.5, 0.6) is 5.75 Å². The Morgan fingerprint density at radius 2 is 1.81 bits per heavy atom. The van der Waals surface area contributed by atoms with Gasteiger partial charge in [0.15, 0.2) is 5.96 Å². The first-order valence-electron chi connectivity index (χ1n) is 8.61. The van der Waals surface area contributed by atoms with E-state index >= 15 is 0 Å². The monoisotopic (exact) mass is 493 g/mol. The molecule has 142 valence electrons. The van der Waals surface area contributed by atoms with E-state index in [9.17, 15) is 0 Å². The van der Waals surface area contributed by atoms with Crippen molar-refractivity contribution in [1.82, 2.24) is 5.32 Å². The first-order chi connectivity index (χ1) is 12.8. The molecule has 4 nitrogen and oxygen atoms in total. The predicted molar refractivity (Wildman–Crippen MR) is 124 cm³/mol. The second kappa shape index (κ2) is 11.6. The fraction of sp³-hybridized carbons (Fsp3) is 0.190. The maximum atomic E-state index is 5.95. The minimum absolute atomic E-state index is 0. The maximum absolute atomic E-state index is 5.95. The highest BCUT2D eigenvalue weighted by Crippen LogP contribution is 2.13. The van der Waals surface area contributed by atoms with E-state index in [0.717, 1.165) is 29.8 Å². The summed E-state index contributed by atoms with van der Waals surface area (Å²) in [5, 5.41) is 5.25. The molecule has 1 aromatic heterocycles. The minimum atomic E-state index is 0. The third kappa shape index (κ3) is 7.60. The fourth-order valence-corrected chi connectivity index (χ4v) is 3.21. The van der Waals surface area contributed by atoms with Crippen molar-refractivity contribution < 1.29 is 4.74 Å². The van der Waals surface area contributed by atoms with Crippen molar-refractivity contribution in [2.45, 2.75) is 19.6 Å². The quantitative estimate of drug-likeness (QED) is 0.274. The molecular weight excluding hydrogens is 469 g/mol. The highest BCUT2D eigenvalue weighted by molar-refractivity contribution is 14.0. The van der Waals surface area contributed by atoms with Crippen LogP contribution in [0.2, 0.25) is 0 Å². The summed E-state index contributed by atoms with van der Waals surface area (Å²) in [6, 6.07) is 22.2. The molecule has 27 heavy (non-hydrogen) atoms. The second-order valence-corrected chi connectivity index (χ2v) is 6.91. The SMILES string of the molecule is I.NC(=NCc1cccc(COc2ccccc2)c1)NCCc1cccs1. The van der Waals surface area contributed by atoms with Gasteiger partial charge in [-0.1, -0.05) is 48.5 Å². The van der Waals surface area contributed by atoms with E-state index < -0.39 is 0 Å². The standard InChI is InChI=1S/C21H23N3OS.HI/c22-21(23-12-11-20-10-5-13-26-20)24-15-17-6-4-7-18(14-17)16-25-19-8-2-1-3-9-19;/h1-10,13-14H,11-12,15-16H2,(H3,22,23,24);1H. The van der Waals surface area contributed by atoms with Crippen LogP contribution in [0.1, 0.15) is 16.0 Å². The van der Waals surface area contributed by atoms with E-state index in [-0.39, 0.29) is 24.0 Å². The lowest BCUT2D eigenvalue weighted by molar-refractivity contribution is 0.306. The van der Waals surface area contributed by atoms with Crippen LogP contribution in [0, 0.1) is 0 Å². The van der Waals surface area contributed by atoms with Gasteiger partial charge in [-0.3, -0.25) is 0 Å². The molecule has 3 N–H and O–H groups in total. The molecule has 3 aromatic rings. The molecule has 1 heterocycles. The Bertz CT molecular complexity index is 822. The molecule has 0 atom stereocenters. The van der Waals surface area contributed by atoms with Gasteiger partial charge in [0.1, 0.15) is 12.4 Å². The molecule has 6 heteroatoms. The average molecular weight is 493 g/mol. The van der Waals surface area contributed by atoms with Crippen molar-refractivity contribution in [3.63, 3.8) is 0 Å². The molecule has 0 saturated heterocycles. The molecule has 0 saturated carbocycles. The Morgan fingerprint density at radius 3 is 2.59 bits per heavy atom. The highest BCUT2D eigenvalue weighted by atomic mass is 127. The molecule has 0 spiro atoms. The molecule has 0 radical (unpaired) electrons. The van der Waals surface area contributed by atoms with Gasteiger partial charge in [0.2, 0.25) is 0 Å². The third-order valence-corrected chi connectivity index (χ3v) is 4.77. The highest BCUT2D eigenvalue weighted by Gasteiger charge is 1.99. The number of nitrogens with two attached hydrogens (primary N) is 1. The maximum Gasteiger partial charge on any atom is 0.188 e. The fourth-order valence-electron chi connectivity index (χ4n) is 2.50. The Hall–Kier alpha value is -2.06. The van der Waals surface area contributed by atoms with Crippen molar-refractivity contribution in [2.24, 2.45) is 10.7 Å². The lowest BCUT2D eigenvalue weighted by Crippen LogP contribution is -2.33.